The van der Waals surface area contributed by atoms with Crippen molar-refractivity contribution in [3.05, 3.63) is 166 Å². The highest BCUT2D eigenvalue weighted by molar-refractivity contribution is 6.26. The smallest absolute Gasteiger partial charge is 0.136 e. The number of benzene rings is 9. The summed E-state index contributed by atoms with van der Waals surface area (Å²) in [5, 5.41) is 12.7. The normalized spacial score (nSPS) is 12.0. The van der Waals surface area contributed by atoms with E-state index >= 15 is 0 Å². The Morgan fingerprint density at radius 3 is 1.27 bits per heavy atom. The summed E-state index contributed by atoms with van der Waals surface area (Å²) in [6.45, 7) is 18.6. The lowest BCUT2D eigenvalue weighted by molar-refractivity contribution is 0.669. The van der Waals surface area contributed by atoms with Crippen molar-refractivity contribution in [2.75, 3.05) is 0 Å². The van der Waals surface area contributed by atoms with Crippen LogP contribution in [0.15, 0.2) is 126 Å². The number of furan rings is 1. The van der Waals surface area contributed by atoms with Crippen LogP contribution < -0.4 is 0 Å². The average molecular weight is 709 g/mol. The van der Waals surface area contributed by atoms with E-state index in [-0.39, 0.29) is 0 Å². The van der Waals surface area contributed by atoms with Gasteiger partial charge in [-0.05, 0) is 213 Å². The van der Waals surface area contributed by atoms with E-state index in [1.165, 1.54) is 121 Å². The topological polar surface area (TPSA) is 13.1 Å². The first-order valence-electron chi connectivity index (χ1n) is 19.5. The molecular formula is C54H44O. The zero-order valence-corrected chi connectivity index (χ0v) is 33.0. The van der Waals surface area contributed by atoms with Crippen LogP contribution in [0, 0.1) is 55.4 Å². The standard InChI is InChI=1S/C54H44O/c1-29-31(3)35(7)51-49(33(29)5)53(43-21-20-41-24-40(18-19-42(41)25-43)37-14-10-9-11-15-37)50-34(6)30(2)32(4)36(8)52(50)54(51)44-22-23-47-45(27-44)46-26-38-16-12-13-17-39(38)28-48(46)55-47/h9-28H,1-8H3. The van der Waals surface area contributed by atoms with Crippen LogP contribution in [0.1, 0.15) is 44.5 Å². The van der Waals surface area contributed by atoms with E-state index < -0.39 is 0 Å². The second kappa shape index (κ2) is 12.2. The summed E-state index contributed by atoms with van der Waals surface area (Å²) in [4.78, 5) is 0. The van der Waals surface area contributed by atoms with Gasteiger partial charge in [-0.15, -0.1) is 0 Å². The molecule has 10 rings (SSSR count). The van der Waals surface area contributed by atoms with Gasteiger partial charge in [0.05, 0.1) is 0 Å². The molecule has 0 aliphatic rings. The molecule has 55 heavy (non-hydrogen) atoms. The molecule has 0 fully saturated rings. The van der Waals surface area contributed by atoms with Crippen molar-refractivity contribution in [2.24, 2.45) is 0 Å². The molecule has 0 bridgehead atoms. The fourth-order valence-corrected chi connectivity index (χ4v) is 9.53. The SMILES string of the molecule is Cc1c(C)c(C)c2c(-c3ccc4oc5cc6ccccc6cc5c4c3)c3c(C)c(C)c(C)c(C)c3c(-c3ccc4cc(-c5ccccc5)ccc4c3)c2c1C. The minimum atomic E-state index is 0.922. The molecule has 0 atom stereocenters. The van der Waals surface area contributed by atoms with Gasteiger partial charge in [0.25, 0.3) is 0 Å². The molecule has 0 N–H and O–H groups in total. The Kier molecular flexibility index (Phi) is 7.39. The molecule has 0 aliphatic carbocycles. The van der Waals surface area contributed by atoms with Crippen molar-refractivity contribution in [3.8, 4) is 33.4 Å². The molecule has 10 aromatic rings. The van der Waals surface area contributed by atoms with Crippen molar-refractivity contribution >= 4 is 65.0 Å². The lowest BCUT2D eigenvalue weighted by Gasteiger charge is -2.27. The molecule has 0 spiro atoms. The second-order valence-electron chi connectivity index (χ2n) is 15.9. The zero-order chi connectivity index (χ0) is 37.9. The minimum Gasteiger partial charge on any atom is -0.456 e. The van der Waals surface area contributed by atoms with E-state index in [9.17, 15) is 0 Å². The molecule has 0 saturated heterocycles. The average Bonchev–Trinajstić information content (AvgIpc) is 3.57. The van der Waals surface area contributed by atoms with E-state index in [4.69, 9.17) is 4.42 Å². The first kappa shape index (κ1) is 33.4. The van der Waals surface area contributed by atoms with Crippen molar-refractivity contribution in [1.29, 1.82) is 0 Å². The highest BCUT2D eigenvalue weighted by Crippen LogP contribution is 2.51. The maximum Gasteiger partial charge on any atom is 0.136 e. The summed E-state index contributed by atoms with van der Waals surface area (Å²) in [6, 6.07) is 44.7. The van der Waals surface area contributed by atoms with Gasteiger partial charge >= 0.3 is 0 Å². The van der Waals surface area contributed by atoms with Gasteiger partial charge in [-0.1, -0.05) is 84.9 Å². The highest BCUT2D eigenvalue weighted by Gasteiger charge is 2.26. The fraction of sp³-hybridized carbons (Fsp3) is 0.148. The van der Waals surface area contributed by atoms with Crippen LogP contribution in [-0.2, 0) is 0 Å². The molecule has 0 radical (unpaired) electrons. The molecule has 1 heteroatoms. The molecule has 0 amide bonds. The molecule has 0 unspecified atom stereocenters. The number of hydrogen-bond acceptors (Lipinski definition) is 1. The number of fused-ring (bicyclic) bond motifs is 7. The van der Waals surface area contributed by atoms with Crippen molar-refractivity contribution in [2.45, 2.75) is 55.4 Å². The minimum absolute atomic E-state index is 0.922. The number of rotatable bonds is 3. The van der Waals surface area contributed by atoms with Crippen molar-refractivity contribution in [3.63, 3.8) is 0 Å². The molecular weight excluding hydrogens is 665 g/mol. The third kappa shape index (κ3) is 4.85. The van der Waals surface area contributed by atoms with Gasteiger partial charge in [-0.2, -0.15) is 0 Å². The van der Waals surface area contributed by atoms with Crippen LogP contribution in [0.2, 0.25) is 0 Å². The van der Waals surface area contributed by atoms with E-state index in [2.05, 4.69) is 177 Å². The lowest BCUT2D eigenvalue weighted by atomic mass is 9.76. The first-order chi connectivity index (χ1) is 26.6. The maximum atomic E-state index is 6.53. The third-order valence-electron chi connectivity index (χ3n) is 13.2. The number of aryl methyl sites for hydroxylation is 4. The molecule has 9 aromatic carbocycles. The van der Waals surface area contributed by atoms with Crippen LogP contribution >= 0.6 is 0 Å². The molecule has 266 valence electrons. The quantitative estimate of drug-likeness (QED) is 0.167. The Bertz CT molecular complexity index is 3180. The predicted octanol–water partition coefficient (Wildman–Crippen LogP) is 15.7. The van der Waals surface area contributed by atoms with E-state index in [0.717, 1.165) is 21.9 Å². The van der Waals surface area contributed by atoms with Crippen LogP contribution in [0.3, 0.4) is 0 Å². The molecule has 1 nitrogen and oxygen atoms in total. The molecule has 1 heterocycles. The summed E-state index contributed by atoms with van der Waals surface area (Å²) in [7, 11) is 0. The van der Waals surface area contributed by atoms with E-state index in [1.807, 2.05) is 0 Å². The fourth-order valence-electron chi connectivity index (χ4n) is 9.53. The number of hydrogen-bond donors (Lipinski definition) is 0. The first-order valence-corrected chi connectivity index (χ1v) is 19.5. The van der Waals surface area contributed by atoms with E-state index in [0.29, 0.717) is 0 Å². The third-order valence-corrected chi connectivity index (χ3v) is 13.2. The molecule has 0 saturated carbocycles. The van der Waals surface area contributed by atoms with Crippen LogP contribution in [0.25, 0.3) is 98.4 Å². The van der Waals surface area contributed by atoms with Gasteiger partial charge < -0.3 is 4.42 Å². The van der Waals surface area contributed by atoms with Gasteiger partial charge in [0.1, 0.15) is 11.2 Å². The van der Waals surface area contributed by atoms with Crippen LogP contribution in [-0.4, -0.2) is 0 Å². The largest absolute Gasteiger partial charge is 0.456 e. The monoisotopic (exact) mass is 708 g/mol. The van der Waals surface area contributed by atoms with Gasteiger partial charge in [-0.3, -0.25) is 0 Å². The predicted molar refractivity (Wildman–Crippen MR) is 238 cm³/mol. The highest BCUT2D eigenvalue weighted by atomic mass is 16.3. The van der Waals surface area contributed by atoms with Gasteiger partial charge in [0, 0.05) is 10.8 Å². The Labute approximate surface area is 322 Å². The van der Waals surface area contributed by atoms with Crippen molar-refractivity contribution < 1.29 is 4.42 Å². The van der Waals surface area contributed by atoms with Gasteiger partial charge in [-0.25, -0.2) is 0 Å². The Morgan fingerprint density at radius 1 is 0.291 bits per heavy atom. The molecule has 0 aliphatic heterocycles. The summed E-state index contributed by atoms with van der Waals surface area (Å²) >= 11 is 0. The van der Waals surface area contributed by atoms with Crippen LogP contribution in [0.4, 0.5) is 0 Å². The summed E-state index contributed by atoms with van der Waals surface area (Å²) in [5.41, 5.74) is 20.4. The van der Waals surface area contributed by atoms with E-state index in [1.54, 1.807) is 0 Å². The summed E-state index contributed by atoms with van der Waals surface area (Å²) < 4.78 is 6.53. The summed E-state index contributed by atoms with van der Waals surface area (Å²) in [6.07, 6.45) is 0. The van der Waals surface area contributed by atoms with Gasteiger partial charge in [0.15, 0.2) is 0 Å². The summed E-state index contributed by atoms with van der Waals surface area (Å²) in [5.74, 6) is 0. The Balaban J connectivity index is 1.34. The second-order valence-corrected chi connectivity index (χ2v) is 15.9. The molecule has 1 aromatic heterocycles. The Hall–Kier alpha value is -6.18. The van der Waals surface area contributed by atoms with Crippen LogP contribution in [0.5, 0.6) is 0 Å². The lowest BCUT2D eigenvalue weighted by Crippen LogP contribution is -2.03. The Morgan fingerprint density at radius 2 is 0.709 bits per heavy atom. The van der Waals surface area contributed by atoms with Gasteiger partial charge in [0.2, 0.25) is 0 Å². The van der Waals surface area contributed by atoms with Crippen molar-refractivity contribution in [1.82, 2.24) is 0 Å². The maximum absolute atomic E-state index is 6.53. The zero-order valence-electron chi connectivity index (χ0n) is 33.0.